The third kappa shape index (κ3) is 5.11. The standard InChI is InChI=1S/C23H26N6O3S/c1-4-5-12-29-20(15-6-9-17(32-3)10-7-15)27-28-23(29)33-14(2)21(30)24-16-8-11-18-19(13-16)26-22(31)25-18/h6-11,13-14H,4-5,12H2,1-3H3,(H,24,30)(H2,25,26,31). The number of methoxy groups -OCH3 is 1. The normalized spacial score (nSPS) is 12.1. The van der Waals surface area contributed by atoms with E-state index in [1.165, 1.54) is 11.8 Å². The van der Waals surface area contributed by atoms with Gasteiger partial charge in [-0.3, -0.25) is 4.79 Å². The van der Waals surface area contributed by atoms with Gasteiger partial charge in [-0.05, 0) is 55.8 Å². The van der Waals surface area contributed by atoms with Crippen LogP contribution >= 0.6 is 11.8 Å². The summed E-state index contributed by atoms with van der Waals surface area (Å²) in [5.74, 6) is 1.39. The number of amides is 1. The van der Waals surface area contributed by atoms with Gasteiger partial charge in [-0.15, -0.1) is 10.2 Å². The molecule has 0 radical (unpaired) electrons. The van der Waals surface area contributed by atoms with Gasteiger partial charge in [0.15, 0.2) is 11.0 Å². The molecule has 4 aromatic rings. The number of nitrogens with one attached hydrogen (secondary N) is 3. The molecule has 2 heterocycles. The van der Waals surface area contributed by atoms with Gasteiger partial charge in [-0.2, -0.15) is 0 Å². The van der Waals surface area contributed by atoms with E-state index in [2.05, 4.69) is 37.0 Å². The molecular weight excluding hydrogens is 440 g/mol. The highest BCUT2D eigenvalue weighted by Crippen LogP contribution is 2.29. The lowest BCUT2D eigenvalue weighted by molar-refractivity contribution is -0.115. The van der Waals surface area contributed by atoms with Gasteiger partial charge in [0, 0.05) is 17.8 Å². The van der Waals surface area contributed by atoms with Crippen LogP contribution in [0.5, 0.6) is 5.75 Å². The second kappa shape index (κ2) is 9.95. The maximum atomic E-state index is 12.8. The van der Waals surface area contributed by atoms with Crippen LogP contribution in [-0.4, -0.2) is 43.0 Å². The molecule has 0 aliphatic rings. The summed E-state index contributed by atoms with van der Waals surface area (Å²) in [6, 6.07) is 12.9. The van der Waals surface area contributed by atoms with Crippen LogP contribution in [0.15, 0.2) is 52.4 Å². The number of unbranched alkanes of at least 4 members (excludes halogenated alkanes) is 1. The summed E-state index contributed by atoms with van der Waals surface area (Å²) in [4.78, 5) is 29.7. The minimum absolute atomic E-state index is 0.159. The van der Waals surface area contributed by atoms with Crippen molar-refractivity contribution in [3.63, 3.8) is 0 Å². The molecule has 3 N–H and O–H groups in total. The lowest BCUT2D eigenvalue weighted by Crippen LogP contribution is -2.23. The predicted octanol–water partition coefficient (Wildman–Crippen LogP) is 4.04. The Labute approximate surface area is 195 Å². The summed E-state index contributed by atoms with van der Waals surface area (Å²) in [6.45, 7) is 4.73. The predicted molar refractivity (Wildman–Crippen MR) is 130 cm³/mol. The first-order valence-electron chi connectivity index (χ1n) is 10.8. The largest absolute Gasteiger partial charge is 0.497 e. The smallest absolute Gasteiger partial charge is 0.323 e. The van der Waals surface area contributed by atoms with Gasteiger partial charge in [-0.25, -0.2) is 4.79 Å². The number of H-pyrrole nitrogens is 2. The van der Waals surface area contributed by atoms with Gasteiger partial charge in [0.05, 0.1) is 23.4 Å². The molecule has 2 aromatic heterocycles. The van der Waals surface area contributed by atoms with E-state index >= 15 is 0 Å². The van der Waals surface area contributed by atoms with E-state index in [9.17, 15) is 9.59 Å². The highest BCUT2D eigenvalue weighted by molar-refractivity contribution is 8.00. The Kier molecular flexibility index (Phi) is 6.83. The quantitative estimate of drug-likeness (QED) is 0.321. The number of nitrogens with zero attached hydrogens (tertiary/aromatic N) is 3. The van der Waals surface area contributed by atoms with E-state index in [1.807, 2.05) is 31.2 Å². The van der Waals surface area contributed by atoms with Crippen LogP contribution in [0.1, 0.15) is 26.7 Å². The fraction of sp³-hybridized carbons (Fsp3) is 0.304. The van der Waals surface area contributed by atoms with Gasteiger partial charge in [-0.1, -0.05) is 25.1 Å². The Hall–Kier alpha value is -3.53. The number of thioether (sulfide) groups is 1. The van der Waals surface area contributed by atoms with Crippen LogP contribution in [0, 0.1) is 0 Å². The number of rotatable bonds is 9. The van der Waals surface area contributed by atoms with Crippen LogP contribution in [0.4, 0.5) is 5.69 Å². The fourth-order valence-corrected chi connectivity index (χ4v) is 4.29. The zero-order valence-electron chi connectivity index (χ0n) is 18.7. The Morgan fingerprint density at radius 3 is 2.64 bits per heavy atom. The molecule has 4 rings (SSSR count). The lowest BCUT2D eigenvalue weighted by Gasteiger charge is -2.14. The van der Waals surface area contributed by atoms with Crippen molar-refractivity contribution in [3.8, 4) is 17.1 Å². The van der Waals surface area contributed by atoms with E-state index in [1.54, 1.807) is 25.3 Å². The maximum Gasteiger partial charge on any atom is 0.323 e. The maximum absolute atomic E-state index is 12.8. The molecule has 0 bridgehead atoms. The number of aromatic amines is 2. The highest BCUT2D eigenvalue weighted by Gasteiger charge is 2.21. The van der Waals surface area contributed by atoms with Crippen LogP contribution < -0.4 is 15.7 Å². The van der Waals surface area contributed by atoms with Crippen LogP contribution in [0.2, 0.25) is 0 Å². The summed E-state index contributed by atoms with van der Waals surface area (Å²) >= 11 is 1.37. The molecule has 1 amide bonds. The van der Waals surface area contributed by atoms with Crippen LogP contribution in [0.25, 0.3) is 22.4 Å². The van der Waals surface area contributed by atoms with Crippen molar-refractivity contribution in [2.45, 2.75) is 43.6 Å². The van der Waals surface area contributed by atoms with Crippen molar-refractivity contribution in [1.29, 1.82) is 0 Å². The van der Waals surface area contributed by atoms with E-state index in [0.717, 1.165) is 36.5 Å². The molecule has 2 aromatic carbocycles. The van der Waals surface area contributed by atoms with Gasteiger partial charge in [0.25, 0.3) is 0 Å². The van der Waals surface area contributed by atoms with E-state index in [4.69, 9.17) is 4.74 Å². The zero-order valence-corrected chi connectivity index (χ0v) is 19.5. The molecule has 9 nitrogen and oxygen atoms in total. The molecule has 0 fully saturated rings. The van der Waals surface area contributed by atoms with Crippen molar-refractivity contribution in [3.05, 3.63) is 52.9 Å². The molecule has 0 saturated heterocycles. The average Bonchev–Trinajstić information content (AvgIpc) is 3.39. The van der Waals surface area contributed by atoms with Crippen LogP contribution in [-0.2, 0) is 11.3 Å². The first-order valence-corrected chi connectivity index (χ1v) is 11.6. The number of anilines is 1. The van der Waals surface area contributed by atoms with Gasteiger partial charge in [0.2, 0.25) is 5.91 Å². The molecule has 0 spiro atoms. The summed E-state index contributed by atoms with van der Waals surface area (Å²) in [7, 11) is 1.63. The summed E-state index contributed by atoms with van der Waals surface area (Å²) in [5, 5.41) is 12.0. The third-order valence-corrected chi connectivity index (χ3v) is 6.32. The lowest BCUT2D eigenvalue weighted by atomic mass is 10.2. The number of imidazole rings is 1. The third-order valence-electron chi connectivity index (χ3n) is 5.24. The number of benzene rings is 2. The van der Waals surface area contributed by atoms with Crippen LogP contribution in [0.3, 0.4) is 0 Å². The van der Waals surface area contributed by atoms with Crippen molar-refractivity contribution < 1.29 is 9.53 Å². The monoisotopic (exact) mass is 466 g/mol. The molecule has 0 aliphatic carbocycles. The number of hydrogen-bond donors (Lipinski definition) is 3. The number of carbonyl (C=O) groups is 1. The molecule has 1 unspecified atom stereocenters. The Morgan fingerprint density at radius 2 is 1.91 bits per heavy atom. The van der Waals surface area contributed by atoms with Crippen molar-refractivity contribution in [2.24, 2.45) is 0 Å². The van der Waals surface area contributed by atoms with E-state index in [0.29, 0.717) is 21.9 Å². The molecule has 0 aliphatic heterocycles. The first kappa shape index (κ1) is 22.7. The second-order valence-corrected chi connectivity index (χ2v) is 8.94. The van der Waals surface area contributed by atoms with E-state index in [-0.39, 0.29) is 11.6 Å². The molecule has 10 heteroatoms. The highest BCUT2D eigenvalue weighted by atomic mass is 32.2. The minimum Gasteiger partial charge on any atom is -0.497 e. The molecule has 0 saturated carbocycles. The zero-order chi connectivity index (χ0) is 23.4. The number of carbonyl (C=O) groups excluding carboxylic acids is 1. The van der Waals surface area contributed by atoms with Crippen molar-refractivity contribution >= 4 is 34.4 Å². The number of ether oxygens (including phenoxy) is 1. The number of hydrogen-bond acceptors (Lipinski definition) is 6. The Morgan fingerprint density at radius 1 is 1.15 bits per heavy atom. The summed E-state index contributed by atoms with van der Waals surface area (Å²) in [6.07, 6.45) is 2.01. The van der Waals surface area contributed by atoms with Gasteiger partial charge >= 0.3 is 5.69 Å². The summed E-state index contributed by atoms with van der Waals surface area (Å²) in [5.41, 5.74) is 2.60. The Bertz CT molecular complexity index is 1310. The van der Waals surface area contributed by atoms with Gasteiger partial charge in [0.1, 0.15) is 5.75 Å². The van der Waals surface area contributed by atoms with Gasteiger partial charge < -0.3 is 24.6 Å². The van der Waals surface area contributed by atoms with E-state index < -0.39 is 5.25 Å². The molecule has 33 heavy (non-hydrogen) atoms. The fourth-order valence-electron chi connectivity index (χ4n) is 3.41. The van der Waals surface area contributed by atoms with Crippen molar-refractivity contribution in [2.75, 3.05) is 12.4 Å². The Balaban J connectivity index is 1.51. The molecule has 1 atom stereocenters. The SMILES string of the molecule is CCCCn1c(SC(C)C(=O)Nc2ccc3[nH]c(=O)[nH]c3c2)nnc1-c1ccc(OC)cc1. The summed E-state index contributed by atoms with van der Waals surface area (Å²) < 4.78 is 7.31. The topological polar surface area (TPSA) is 118 Å². The second-order valence-electron chi connectivity index (χ2n) is 7.63. The minimum atomic E-state index is -0.403. The average molecular weight is 467 g/mol. The number of fused-ring (bicyclic) bond motifs is 1. The molecule has 172 valence electrons. The number of aromatic nitrogens is 5. The molecular formula is C23H26N6O3S. The van der Waals surface area contributed by atoms with Crippen molar-refractivity contribution in [1.82, 2.24) is 24.7 Å². The first-order chi connectivity index (χ1) is 16.0.